The molecule has 0 aromatic carbocycles. The minimum atomic E-state index is -0.433. The molecule has 4 heteroatoms. The third-order valence-corrected chi connectivity index (χ3v) is 2.96. The van der Waals surface area contributed by atoms with E-state index in [1.54, 1.807) is 0 Å². The number of rotatable bonds is 1. The van der Waals surface area contributed by atoms with E-state index in [4.69, 9.17) is 10.5 Å². The van der Waals surface area contributed by atoms with Crippen LogP contribution in [0, 0.1) is 5.41 Å². The van der Waals surface area contributed by atoms with Gasteiger partial charge in [0.1, 0.15) is 0 Å². The highest BCUT2D eigenvalue weighted by molar-refractivity contribution is 5.82. The smallest absolute Gasteiger partial charge is 0.240 e. The first-order valence-corrected chi connectivity index (χ1v) is 5.98. The van der Waals surface area contributed by atoms with Crippen LogP contribution in [0.3, 0.4) is 0 Å². The minimum Gasteiger partial charge on any atom is -0.377 e. The fraction of sp³-hybridized carbons (Fsp3) is 0.917. The van der Waals surface area contributed by atoms with Crippen LogP contribution in [0.4, 0.5) is 0 Å². The number of carbonyl (C=O) groups excluding carboxylic acids is 1. The van der Waals surface area contributed by atoms with Crippen molar-refractivity contribution in [3.63, 3.8) is 0 Å². The molecule has 1 saturated heterocycles. The highest BCUT2D eigenvalue weighted by atomic mass is 16.5. The van der Waals surface area contributed by atoms with Crippen molar-refractivity contribution in [2.24, 2.45) is 11.1 Å². The molecule has 4 nitrogen and oxygen atoms in total. The van der Waals surface area contributed by atoms with Crippen LogP contribution in [0.15, 0.2) is 0 Å². The Morgan fingerprint density at radius 1 is 1.50 bits per heavy atom. The third-order valence-electron chi connectivity index (χ3n) is 2.96. The van der Waals surface area contributed by atoms with Gasteiger partial charge in [-0.15, -0.1) is 0 Å². The van der Waals surface area contributed by atoms with Crippen molar-refractivity contribution in [1.29, 1.82) is 0 Å². The van der Waals surface area contributed by atoms with Gasteiger partial charge in [0.2, 0.25) is 5.91 Å². The van der Waals surface area contributed by atoms with Gasteiger partial charge in [-0.25, -0.2) is 0 Å². The molecule has 0 aromatic heterocycles. The summed E-state index contributed by atoms with van der Waals surface area (Å²) >= 11 is 0. The Bertz CT molecular complexity index is 248. The monoisotopic (exact) mass is 228 g/mol. The molecule has 1 unspecified atom stereocenters. The van der Waals surface area contributed by atoms with Crippen LogP contribution in [-0.4, -0.2) is 42.6 Å². The van der Waals surface area contributed by atoms with Crippen molar-refractivity contribution in [3.05, 3.63) is 0 Å². The Labute approximate surface area is 98.1 Å². The molecule has 1 amide bonds. The number of ether oxygens (including phenoxy) is 1. The second-order valence-electron chi connectivity index (χ2n) is 5.66. The molecule has 1 aliphatic heterocycles. The topological polar surface area (TPSA) is 55.6 Å². The molecular formula is C12H24N2O2. The summed E-state index contributed by atoms with van der Waals surface area (Å²) in [5, 5.41) is 0. The molecular weight excluding hydrogens is 204 g/mol. The Kier molecular flexibility index (Phi) is 4.33. The number of amides is 1. The maximum atomic E-state index is 12.2. The third kappa shape index (κ3) is 3.46. The van der Waals surface area contributed by atoms with Crippen molar-refractivity contribution in [2.75, 3.05) is 19.7 Å². The maximum absolute atomic E-state index is 12.2. The van der Waals surface area contributed by atoms with E-state index in [0.717, 1.165) is 19.6 Å². The van der Waals surface area contributed by atoms with E-state index < -0.39 is 6.04 Å². The molecule has 2 atom stereocenters. The highest BCUT2D eigenvalue weighted by Crippen LogP contribution is 2.20. The van der Waals surface area contributed by atoms with E-state index in [0.29, 0.717) is 6.54 Å². The Hall–Kier alpha value is -0.610. The minimum absolute atomic E-state index is 0.0462. The van der Waals surface area contributed by atoms with Crippen LogP contribution < -0.4 is 5.73 Å². The summed E-state index contributed by atoms with van der Waals surface area (Å²) in [4.78, 5) is 14.0. The number of carbonyl (C=O) groups is 1. The molecule has 2 N–H and O–H groups in total. The number of hydrogen-bond acceptors (Lipinski definition) is 3. The Morgan fingerprint density at radius 2 is 2.12 bits per heavy atom. The molecule has 0 aromatic rings. The summed E-state index contributed by atoms with van der Waals surface area (Å²) < 4.78 is 5.51. The van der Waals surface area contributed by atoms with Crippen LogP contribution in [0.2, 0.25) is 0 Å². The van der Waals surface area contributed by atoms with E-state index in [-0.39, 0.29) is 17.4 Å². The van der Waals surface area contributed by atoms with Crippen LogP contribution in [0.1, 0.15) is 34.1 Å². The molecule has 1 fully saturated rings. The van der Waals surface area contributed by atoms with Gasteiger partial charge in [-0.2, -0.15) is 0 Å². The van der Waals surface area contributed by atoms with E-state index in [9.17, 15) is 4.79 Å². The Morgan fingerprint density at radius 3 is 2.69 bits per heavy atom. The van der Waals surface area contributed by atoms with Gasteiger partial charge in [-0.05, 0) is 18.8 Å². The zero-order chi connectivity index (χ0) is 12.3. The maximum Gasteiger partial charge on any atom is 0.240 e. The zero-order valence-corrected chi connectivity index (χ0v) is 10.8. The number of hydrogen-bond donors (Lipinski definition) is 1. The standard InChI is InChI=1S/C12H24N2O2/c1-9-8-14(6-5-7-16-9)11(15)10(13)12(2,3)4/h9-10H,5-8,13H2,1-4H3/t9?,10-/m0/s1. The van der Waals surface area contributed by atoms with Gasteiger partial charge in [0, 0.05) is 19.7 Å². The van der Waals surface area contributed by atoms with Gasteiger partial charge in [-0.1, -0.05) is 20.8 Å². The number of nitrogens with two attached hydrogens (primary N) is 1. The summed E-state index contributed by atoms with van der Waals surface area (Å²) in [5.41, 5.74) is 5.80. The van der Waals surface area contributed by atoms with E-state index in [1.165, 1.54) is 0 Å². The molecule has 94 valence electrons. The molecule has 0 saturated carbocycles. The summed E-state index contributed by atoms with van der Waals surface area (Å²) in [7, 11) is 0. The molecule has 0 bridgehead atoms. The lowest BCUT2D eigenvalue weighted by atomic mass is 9.86. The second kappa shape index (κ2) is 5.15. The van der Waals surface area contributed by atoms with Crippen LogP contribution >= 0.6 is 0 Å². The number of nitrogens with zero attached hydrogens (tertiary/aromatic N) is 1. The quantitative estimate of drug-likeness (QED) is 0.728. The van der Waals surface area contributed by atoms with Gasteiger partial charge in [0.15, 0.2) is 0 Å². The van der Waals surface area contributed by atoms with Gasteiger partial charge < -0.3 is 15.4 Å². The highest BCUT2D eigenvalue weighted by Gasteiger charge is 2.32. The summed E-state index contributed by atoms with van der Waals surface area (Å²) in [6.45, 7) is 10.1. The molecule has 0 spiro atoms. The summed E-state index contributed by atoms with van der Waals surface area (Å²) in [5.74, 6) is 0.0462. The fourth-order valence-corrected chi connectivity index (χ4v) is 1.76. The molecule has 1 heterocycles. The molecule has 0 radical (unpaired) electrons. The van der Waals surface area contributed by atoms with E-state index in [2.05, 4.69) is 0 Å². The fourth-order valence-electron chi connectivity index (χ4n) is 1.76. The summed E-state index contributed by atoms with van der Waals surface area (Å²) in [6.07, 6.45) is 1.01. The van der Waals surface area contributed by atoms with Gasteiger partial charge >= 0.3 is 0 Å². The zero-order valence-electron chi connectivity index (χ0n) is 10.8. The van der Waals surface area contributed by atoms with E-state index in [1.807, 2.05) is 32.6 Å². The molecule has 1 rings (SSSR count). The van der Waals surface area contributed by atoms with Crippen molar-refractivity contribution >= 4 is 5.91 Å². The predicted molar refractivity (Wildman–Crippen MR) is 64.0 cm³/mol. The predicted octanol–water partition coefficient (Wildman–Crippen LogP) is 0.997. The normalized spacial score (nSPS) is 25.1. The summed E-state index contributed by atoms with van der Waals surface area (Å²) in [6, 6.07) is -0.433. The van der Waals surface area contributed by atoms with Crippen LogP contribution in [-0.2, 0) is 9.53 Å². The first kappa shape index (κ1) is 13.5. The van der Waals surface area contributed by atoms with Crippen molar-refractivity contribution < 1.29 is 9.53 Å². The van der Waals surface area contributed by atoms with Crippen molar-refractivity contribution in [2.45, 2.75) is 46.3 Å². The lowest BCUT2D eigenvalue weighted by Crippen LogP contribution is -2.51. The average molecular weight is 228 g/mol. The molecule has 16 heavy (non-hydrogen) atoms. The van der Waals surface area contributed by atoms with Gasteiger partial charge in [0.25, 0.3) is 0 Å². The Balaban J connectivity index is 2.65. The van der Waals surface area contributed by atoms with Crippen molar-refractivity contribution in [1.82, 2.24) is 4.90 Å². The SMILES string of the molecule is CC1CN(C(=O)[C@H](N)C(C)(C)C)CCCO1. The van der Waals surface area contributed by atoms with Crippen molar-refractivity contribution in [3.8, 4) is 0 Å². The first-order valence-electron chi connectivity index (χ1n) is 5.98. The lowest BCUT2D eigenvalue weighted by molar-refractivity contribution is -0.135. The average Bonchev–Trinajstić information content (AvgIpc) is 2.39. The van der Waals surface area contributed by atoms with Crippen LogP contribution in [0.25, 0.3) is 0 Å². The van der Waals surface area contributed by atoms with Gasteiger partial charge in [0.05, 0.1) is 12.1 Å². The largest absolute Gasteiger partial charge is 0.377 e. The van der Waals surface area contributed by atoms with Crippen LogP contribution in [0.5, 0.6) is 0 Å². The van der Waals surface area contributed by atoms with E-state index >= 15 is 0 Å². The second-order valence-corrected chi connectivity index (χ2v) is 5.66. The van der Waals surface area contributed by atoms with Gasteiger partial charge in [-0.3, -0.25) is 4.79 Å². The molecule has 1 aliphatic rings. The molecule has 0 aliphatic carbocycles. The first-order chi connectivity index (χ1) is 7.32. The lowest BCUT2D eigenvalue weighted by Gasteiger charge is -2.32.